The normalized spacial score (nSPS) is 28.5. The summed E-state index contributed by atoms with van der Waals surface area (Å²) in [6, 6.07) is 0.783. The number of rotatable bonds is 7. The van der Waals surface area contributed by atoms with Crippen molar-refractivity contribution in [3.05, 3.63) is 0 Å². The second-order valence-corrected chi connectivity index (χ2v) is 7.03. The lowest BCUT2D eigenvalue weighted by atomic mass is 9.86. The van der Waals surface area contributed by atoms with Crippen LogP contribution >= 0.6 is 11.8 Å². The number of thioether (sulfide) groups is 1. The summed E-state index contributed by atoms with van der Waals surface area (Å²) in [7, 11) is 0. The van der Waals surface area contributed by atoms with Crippen LogP contribution in [0.25, 0.3) is 0 Å². The van der Waals surface area contributed by atoms with Crippen LogP contribution in [0.4, 0.5) is 0 Å². The second-order valence-electron chi connectivity index (χ2n) is 6.05. The first-order valence-corrected chi connectivity index (χ1v) is 9.12. The standard InChI is InChI=1S/C15H30N2S/c1-4-15(5-2)12-16-14(13-7-8-13)11-17(15)9-6-10-18-3/h13-14,16H,4-12H2,1-3H3. The Kier molecular flexibility index (Phi) is 5.40. The maximum absolute atomic E-state index is 3.85. The van der Waals surface area contributed by atoms with Crippen molar-refractivity contribution in [2.45, 2.75) is 57.5 Å². The molecule has 2 rings (SSSR count). The van der Waals surface area contributed by atoms with Crippen molar-refractivity contribution in [3.63, 3.8) is 0 Å². The van der Waals surface area contributed by atoms with Gasteiger partial charge in [0.15, 0.2) is 0 Å². The van der Waals surface area contributed by atoms with Crippen LogP contribution in [0.15, 0.2) is 0 Å². The lowest BCUT2D eigenvalue weighted by Gasteiger charge is -2.50. The average molecular weight is 270 g/mol. The van der Waals surface area contributed by atoms with Gasteiger partial charge in [-0.3, -0.25) is 4.90 Å². The van der Waals surface area contributed by atoms with Crippen molar-refractivity contribution in [1.29, 1.82) is 0 Å². The lowest BCUT2D eigenvalue weighted by Crippen LogP contribution is -2.64. The molecule has 0 aromatic rings. The molecular formula is C15H30N2S. The summed E-state index contributed by atoms with van der Waals surface area (Å²) in [4.78, 5) is 2.82. The van der Waals surface area contributed by atoms with Crippen LogP contribution < -0.4 is 5.32 Å². The smallest absolute Gasteiger partial charge is 0.0329 e. The van der Waals surface area contributed by atoms with Gasteiger partial charge < -0.3 is 5.32 Å². The van der Waals surface area contributed by atoms with E-state index in [-0.39, 0.29) is 0 Å². The highest BCUT2D eigenvalue weighted by atomic mass is 32.2. The fraction of sp³-hybridized carbons (Fsp3) is 1.00. The summed E-state index contributed by atoms with van der Waals surface area (Å²) >= 11 is 1.98. The van der Waals surface area contributed by atoms with E-state index in [1.165, 1.54) is 57.5 Å². The molecule has 1 aliphatic carbocycles. The Bertz CT molecular complexity index is 249. The quantitative estimate of drug-likeness (QED) is 0.716. The molecule has 1 unspecified atom stereocenters. The Labute approximate surface area is 117 Å². The van der Waals surface area contributed by atoms with Crippen molar-refractivity contribution >= 4 is 11.8 Å². The number of hydrogen-bond acceptors (Lipinski definition) is 3. The van der Waals surface area contributed by atoms with Gasteiger partial charge >= 0.3 is 0 Å². The van der Waals surface area contributed by atoms with Gasteiger partial charge in [-0.05, 0) is 56.6 Å². The third-order valence-corrected chi connectivity index (χ3v) is 5.76. The Morgan fingerprint density at radius 3 is 2.56 bits per heavy atom. The molecule has 2 fully saturated rings. The molecule has 0 aromatic heterocycles. The molecule has 106 valence electrons. The van der Waals surface area contributed by atoms with Gasteiger partial charge in [0.2, 0.25) is 0 Å². The van der Waals surface area contributed by atoms with Crippen molar-refractivity contribution in [2.75, 3.05) is 31.6 Å². The van der Waals surface area contributed by atoms with Crippen LogP contribution in [0.2, 0.25) is 0 Å². The molecule has 1 heterocycles. The van der Waals surface area contributed by atoms with Crippen LogP contribution in [0.5, 0.6) is 0 Å². The molecule has 1 atom stereocenters. The number of nitrogens with one attached hydrogen (secondary N) is 1. The molecule has 1 aliphatic heterocycles. The zero-order valence-corrected chi connectivity index (χ0v) is 13.2. The molecule has 3 heteroatoms. The van der Waals surface area contributed by atoms with E-state index in [4.69, 9.17) is 0 Å². The van der Waals surface area contributed by atoms with Crippen LogP contribution in [0.3, 0.4) is 0 Å². The van der Waals surface area contributed by atoms with E-state index in [9.17, 15) is 0 Å². The maximum Gasteiger partial charge on any atom is 0.0329 e. The second kappa shape index (κ2) is 6.62. The highest BCUT2D eigenvalue weighted by Gasteiger charge is 2.42. The minimum Gasteiger partial charge on any atom is -0.311 e. The van der Waals surface area contributed by atoms with Gasteiger partial charge in [-0.1, -0.05) is 13.8 Å². The number of piperazine rings is 1. The summed E-state index contributed by atoms with van der Waals surface area (Å²) in [5, 5.41) is 3.85. The SMILES string of the molecule is CCC1(CC)CNC(C2CC2)CN1CCCSC. The van der Waals surface area contributed by atoms with E-state index < -0.39 is 0 Å². The first-order valence-electron chi connectivity index (χ1n) is 7.73. The van der Waals surface area contributed by atoms with Crippen LogP contribution in [-0.4, -0.2) is 48.1 Å². The molecule has 1 saturated carbocycles. The minimum absolute atomic E-state index is 0.434. The molecule has 0 aromatic carbocycles. The van der Waals surface area contributed by atoms with Crippen LogP contribution in [0.1, 0.15) is 46.0 Å². The van der Waals surface area contributed by atoms with Gasteiger partial charge in [0.05, 0.1) is 0 Å². The molecular weight excluding hydrogens is 240 g/mol. The molecule has 2 aliphatic rings. The Morgan fingerprint density at radius 1 is 1.28 bits per heavy atom. The highest BCUT2D eigenvalue weighted by molar-refractivity contribution is 7.98. The summed E-state index contributed by atoms with van der Waals surface area (Å²) in [5.41, 5.74) is 0.434. The van der Waals surface area contributed by atoms with Crippen molar-refractivity contribution in [2.24, 2.45) is 5.92 Å². The van der Waals surface area contributed by atoms with Crippen molar-refractivity contribution < 1.29 is 0 Å². The molecule has 0 bridgehead atoms. The highest BCUT2D eigenvalue weighted by Crippen LogP contribution is 2.37. The minimum atomic E-state index is 0.434. The summed E-state index contributed by atoms with van der Waals surface area (Å²) in [6.45, 7) is 8.53. The zero-order chi connectivity index (χ0) is 13.0. The third-order valence-electron chi connectivity index (χ3n) is 5.06. The van der Waals surface area contributed by atoms with E-state index in [1.807, 2.05) is 11.8 Å². The fourth-order valence-electron chi connectivity index (χ4n) is 3.42. The number of nitrogens with zero attached hydrogens (tertiary/aromatic N) is 1. The van der Waals surface area contributed by atoms with Gasteiger partial charge in [0, 0.05) is 24.7 Å². The molecule has 0 radical (unpaired) electrons. The van der Waals surface area contributed by atoms with E-state index in [0.29, 0.717) is 5.54 Å². The largest absolute Gasteiger partial charge is 0.311 e. The van der Waals surface area contributed by atoms with Gasteiger partial charge in [-0.2, -0.15) is 11.8 Å². The van der Waals surface area contributed by atoms with Crippen molar-refractivity contribution in [3.8, 4) is 0 Å². The molecule has 0 amide bonds. The molecule has 1 saturated heterocycles. The predicted molar refractivity (Wildman–Crippen MR) is 82.4 cm³/mol. The van der Waals surface area contributed by atoms with E-state index in [1.54, 1.807) is 0 Å². The van der Waals surface area contributed by atoms with Gasteiger partial charge in [0.1, 0.15) is 0 Å². The van der Waals surface area contributed by atoms with Crippen LogP contribution in [-0.2, 0) is 0 Å². The van der Waals surface area contributed by atoms with Gasteiger partial charge in [0.25, 0.3) is 0 Å². The molecule has 18 heavy (non-hydrogen) atoms. The Morgan fingerprint density at radius 2 is 2.00 bits per heavy atom. The predicted octanol–water partition coefficient (Wildman–Crippen LogP) is 2.98. The number of hydrogen-bond donors (Lipinski definition) is 1. The van der Waals surface area contributed by atoms with Gasteiger partial charge in [-0.25, -0.2) is 0 Å². The topological polar surface area (TPSA) is 15.3 Å². The monoisotopic (exact) mass is 270 g/mol. The van der Waals surface area contributed by atoms with Crippen LogP contribution in [0, 0.1) is 5.92 Å². The molecule has 0 spiro atoms. The van der Waals surface area contributed by atoms with E-state index in [0.717, 1.165) is 12.0 Å². The summed E-state index contributed by atoms with van der Waals surface area (Å²) in [6.07, 6.45) is 9.06. The summed E-state index contributed by atoms with van der Waals surface area (Å²) in [5.74, 6) is 2.29. The van der Waals surface area contributed by atoms with Crippen molar-refractivity contribution in [1.82, 2.24) is 10.2 Å². The first-order chi connectivity index (χ1) is 8.75. The fourth-order valence-corrected chi connectivity index (χ4v) is 3.84. The molecule has 2 nitrogen and oxygen atoms in total. The molecule has 1 N–H and O–H groups in total. The Balaban J connectivity index is 1.95. The third kappa shape index (κ3) is 3.23. The zero-order valence-electron chi connectivity index (χ0n) is 12.4. The van der Waals surface area contributed by atoms with E-state index in [2.05, 4.69) is 30.3 Å². The first kappa shape index (κ1) is 14.7. The summed E-state index contributed by atoms with van der Waals surface area (Å²) < 4.78 is 0. The Hall–Kier alpha value is 0.270. The lowest BCUT2D eigenvalue weighted by molar-refractivity contribution is 0.0276. The van der Waals surface area contributed by atoms with E-state index >= 15 is 0 Å². The maximum atomic E-state index is 3.85. The van der Waals surface area contributed by atoms with Gasteiger partial charge in [-0.15, -0.1) is 0 Å². The average Bonchev–Trinajstić information content (AvgIpc) is 3.23.